The van der Waals surface area contributed by atoms with Crippen LogP contribution in [-0.4, -0.2) is 92.7 Å². The van der Waals surface area contributed by atoms with E-state index in [0.717, 1.165) is 18.4 Å². The average Bonchev–Trinajstić information content (AvgIpc) is 3.30. The van der Waals surface area contributed by atoms with Gasteiger partial charge in [0.15, 0.2) is 18.5 Å². The van der Waals surface area contributed by atoms with Crippen molar-refractivity contribution in [2.24, 2.45) is 39.9 Å². The Hall–Kier alpha value is -3.16. The van der Waals surface area contributed by atoms with Gasteiger partial charge in [-0.15, -0.1) is 0 Å². The predicted octanol–water partition coefficient (Wildman–Crippen LogP) is 1.84. The molecule has 274 valence electrons. The Labute approximate surface area is 287 Å². The Morgan fingerprint density at radius 1 is 1.06 bits per heavy atom. The van der Waals surface area contributed by atoms with Gasteiger partial charge in [-0.1, -0.05) is 47.1 Å². The van der Waals surface area contributed by atoms with Gasteiger partial charge in [0.2, 0.25) is 17.6 Å². The number of ether oxygens (including phenoxy) is 1. The van der Waals surface area contributed by atoms with Crippen LogP contribution < -0.4 is 10.6 Å². The molecule has 0 bridgehead atoms. The molecule has 6 N–H and O–H groups in total. The number of amides is 2. The summed E-state index contributed by atoms with van der Waals surface area (Å²) in [6, 6.07) is -0.992. The lowest BCUT2D eigenvalue weighted by atomic mass is 9.45. The summed E-state index contributed by atoms with van der Waals surface area (Å²) in [6.07, 6.45) is 2.21. The fourth-order valence-electron chi connectivity index (χ4n) is 9.34. The van der Waals surface area contributed by atoms with Crippen LogP contribution in [0.2, 0.25) is 0 Å². The molecule has 49 heavy (non-hydrogen) atoms. The number of fused-ring (bicyclic) bond motifs is 5. The monoisotopic (exact) mass is 690 g/mol. The van der Waals surface area contributed by atoms with Gasteiger partial charge in [-0.2, -0.15) is 0 Å². The molecule has 0 spiro atoms. The van der Waals surface area contributed by atoms with Crippen molar-refractivity contribution in [2.45, 2.75) is 123 Å². The zero-order chi connectivity index (χ0) is 36.7. The zero-order valence-electron chi connectivity index (χ0n) is 29.5. The highest BCUT2D eigenvalue weighted by molar-refractivity contribution is 5.93. The molecule has 2 amide bonds. The quantitative estimate of drug-likeness (QED) is 0.153. The van der Waals surface area contributed by atoms with Crippen molar-refractivity contribution in [3.63, 3.8) is 0 Å². The van der Waals surface area contributed by atoms with Gasteiger partial charge >= 0.3 is 11.9 Å². The van der Waals surface area contributed by atoms with Crippen LogP contribution >= 0.6 is 0 Å². The predicted molar refractivity (Wildman–Crippen MR) is 175 cm³/mol. The summed E-state index contributed by atoms with van der Waals surface area (Å²) in [6.45, 7) is 9.51. The van der Waals surface area contributed by atoms with Gasteiger partial charge in [-0.05, 0) is 73.7 Å². The Bertz CT molecular complexity index is 1390. The van der Waals surface area contributed by atoms with E-state index >= 15 is 0 Å². The number of Topliss-reactive ketones (excluding diaryl/α,β-unsaturated/α-hetero) is 1. The molecule has 0 aliphatic heterocycles. The number of hydrogen-bond acceptors (Lipinski definition) is 10. The van der Waals surface area contributed by atoms with Crippen LogP contribution in [0.5, 0.6) is 0 Å². The summed E-state index contributed by atoms with van der Waals surface area (Å²) in [5.74, 6) is -4.32. The normalized spacial score (nSPS) is 33.7. The van der Waals surface area contributed by atoms with Crippen molar-refractivity contribution in [3.05, 3.63) is 11.6 Å². The number of esters is 1. The largest absolute Gasteiger partial charge is 0.479 e. The fourth-order valence-corrected chi connectivity index (χ4v) is 9.34. The van der Waals surface area contributed by atoms with E-state index in [-0.39, 0.29) is 67.1 Å². The van der Waals surface area contributed by atoms with Gasteiger partial charge in [0.1, 0.15) is 11.6 Å². The fraction of sp³-hybridized carbons (Fsp3) is 0.778. The second kappa shape index (κ2) is 14.2. The molecular formula is C36H54N2O11. The number of nitrogens with one attached hydrogen (secondary N) is 2. The van der Waals surface area contributed by atoms with Crippen LogP contribution in [-0.2, 0) is 33.5 Å². The molecule has 3 fully saturated rings. The molecular weight excluding hydrogens is 636 g/mol. The van der Waals surface area contributed by atoms with Crippen molar-refractivity contribution in [3.8, 4) is 0 Å². The molecule has 13 nitrogen and oxygen atoms in total. The number of allylic oxidation sites excluding steroid dienone is 1. The van der Waals surface area contributed by atoms with E-state index in [0.29, 0.717) is 19.3 Å². The van der Waals surface area contributed by atoms with E-state index in [1.54, 1.807) is 19.9 Å². The first-order chi connectivity index (χ1) is 22.7. The van der Waals surface area contributed by atoms with Crippen LogP contribution in [0.1, 0.15) is 99.3 Å². The molecule has 0 aromatic heterocycles. The van der Waals surface area contributed by atoms with Crippen LogP contribution in [0.4, 0.5) is 0 Å². The molecule has 0 radical (unpaired) electrons. The van der Waals surface area contributed by atoms with Crippen LogP contribution in [0, 0.1) is 39.9 Å². The number of aliphatic hydroxyl groups is 3. The molecule has 3 saturated carbocycles. The number of ketones is 2. The molecule has 0 aromatic carbocycles. The van der Waals surface area contributed by atoms with E-state index in [1.807, 2.05) is 6.92 Å². The lowest BCUT2D eigenvalue weighted by Gasteiger charge is -2.60. The Balaban J connectivity index is 1.30. The first-order valence-corrected chi connectivity index (χ1v) is 17.5. The standard InChI is InChI=1S/C36H54N2O11/c1-19(2)29(31(45)37-18-33(3,4)30(44)32(46)47)38-26(42)9-10-27(43)49-17-25(41)36(48)14-12-23-22-8-7-20-15-21(39)11-13-34(20,5)28(22)24(40)16-35(23,36)6/h15,19,22-24,28-30,40,44,48H,7-14,16-18H2,1-6H3,(H,37,45)(H,38,42)(H,46,47)/t22-,23-,24-,28+,29-,30+,34-,35-,36-/m0/s1. The number of hydrogen-bond donors (Lipinski definition) is 6. The van der Waals surface area contributed by atoms with Crippen LogP contribution in [0.3, 0.4) is 0 Å². The summed E-state index contributed by atoms with van der Waals surface area (Å²) in [5.41, 5.74) is -3.10. The Morgan fingerprint density at radius 3 is 2.37 bits per heavy atom. The molecule has 13 heteroatoms. The first-order valence-electron chi connectivity index (χ1n) is 17.5. The maximum Gasteiger partial charge on any atom is 0.333 e. The Morgan fingerprint density at radius 2 is 1.73 bits per heavy atom. The lowest BCUT2D eigenvalue weighted by Crippen LogP contribution is -2.62. The maximum absolute atomic E-state index is 13.5. The molecule has 0 unspecified atom stereocenters. The van der Waals surface area contributed by atoms with Gasteiger partial charge in [0.05, 0.1) is 12.5 Å². The van der Waals surface area contributed by atoms with Crippen molar-refractivity contribution >= 4 is 35.3 Å². The van der Waals surface area contributed by atoms with Gasteiger partial charge in [0, 0.05) is 30.2 Å². The number of carboxylic acids is 1. The minimum Gasteiger partial charge on any atom is -0.479 e. The minimum atomic E-state index is -1.80. The molecule has 0 saturated heterocycles. The second-order valence-electron chi connectivity index (χ2n) is 16.3. The van der Waals surface area contributed by atoms with E-state index in [9.17, 15) is 44.1 Å². The van der Waals surface area contributed by atoms with Gasteiger partial charge in [-0.25, -0.2) is 4.79 Å². The third kappa shape index (κ3) is 7.35. The number of carbonyl (C=O) groups is 6. The topological polar surface area (TPSA) is 217 Å². The summed E-state index contributed by atoms with van der Waals surface area (Å²) in [7, 11) is 0. The Kier molecular flexibility index (Phi) is 11.2. The summed E-state index contributed by atoms with van der Waals surface area (Å²) in [5, 5.41) is 47.6. The van der Waals surface area contributed by atoms with Crippen molar-refractivity contribution < 1.29 is 53.9 Å². The highest BCUT2D eigenvalue weighted by atomic mass is 16.5. The molecule has 0 heterocycles. The van der Waals surface area contributed by atoms with E-state index < -0.39 is 70.8 Å². The second-order valence-corrected chi connectivity index (χ2v) is 16.3. The number of rotatable bonds is 13. The van der Waals surface area contributed by atoms with Crippen molar-refractivity contribution in [1.29, 1.82) is 0 Å². The summed E-state index contributed by atoms with van der Waals surface area (Å²) >= 11 is 0. The summed E-state index contributed by atoms with van der Waals surface area (Å²) < 4.78 is 5.22. The lowest BCUT2D eigenvalue weighted by molar-refractivity contribution is -0.184. The number of carboxylic acid groups (broad SMARTS) is 1. The first kappa shape index (κ1) is 38.6. The highest BCUT2D eigenvalue weighted by Gasteiger charge is 2.68. The maximum atomic E-state index is 13.5. The SMILES string of the molecule is CC(C)[C@H](NC(=O)CCC(=O)OCC(=O)[C@@]1(O)CC[C@H]2[C@@H]3CCC4=CC(=O)CC[C@]4(C)[C@H]3[C@@H](O)C[C@@]21C)C(=O)NCC(C)(C)[C@H](O)C(=O)O. The number of aliphatic hydroxyl groups excluding tert-OH is 2. The van der Waals surface area contributed by atoms with Crippen molar-refractivity contribution in [1.82, 2.24) is 10.6 Å². The number of aliphatic carboxylic acids is 1. The molecule has 4 rings (SSSR count). The van der Waals surface area contributed by atoms with Gasteiger partial charge < -0.3 is 35.8 Å². The molecule has 4 aliphatic carbocycles. The van der Waals surface area contributed by atoms with Crippen LogP contribution in [0.25, 0.3) is 0 Å². The number of carbonyl (C=O) groups excluding carboxylic acids is 5. The van der Waals surface area contributed by atoms with E-state index in [2.05, 4.69) is 17.6 Å². The molecule has 9 atom stereocenters. The van der Waals surface area contributed by atoms with Crippen molar-refractivity contribution in [2.75, 3.05) is 13.2 Å². The van der Waals surface area contributed by atoms with Crippen LogP contribution in [0.15, 0.2) is 11.6 Å². The van der Waals surface area contributed by atoms with Gasteiger partial charge in [0.25, 0.3) is 0 Å². The van der Waals surface area contributed by atoms with Gasteiger partial charge in [-0.3, -0.25) is 24.0 Å². The smallest absolute Gasteiger partial charge is 0.333 e. The third-order valence-electron chi connectivity index (χ3n) is 12.4. The molecule has 4 aliphatic rings. The van der Waals surface area contributed by atoms with E-state index in [4.69, 9.17) is 9.84 Å². The third-order valence-corrected chi connectivity index (χ3v) is 12.4. The minimum absolute atomic E-state index is 0.0235. The molecule has 0 aromatic rings. The van der Waals surface area contributed by atoms with E-state index in [1.165, 1.54) is 13.8 Å². The highest BCUT2D eigenvalue weighted by Crippen LogP contribution is 2.67. The zero-order valence-corrected chi connectivity index (χ0v) is 29.5. The summed E-state index contributed by atoms with van der Waals surface area (Å²) in [4.78, 5) is 74.9. The average molecular weight is 691 g/mol.